The van der Waals surface area contributed by atoms with Gasteiger partial charge in [0.2, 0.25) is 0 Å². The summed E-state index contributed by atoms with van der Waals surface area (Å²) in [6, 6.07) is 8.98. The highest BCUT2D eigenvalue weighted by molar-refractivity contribution is 7.90. The molecule has 1 fully saturated rings. The molecule has 3 aromatic heterocycles. The summed E-state index contributed by atoms with van der Waals surface area (Å²) in [6.07, 6.45) is 7.02. The van der Waals surface area contributed by atoms with Gasteiger partial charge in [0.05, 0.1) is 18.1 Å². The average molecular weight is 510 g/mol. The molecule has 0 aliphatic carbocycles. The SMILES string of the molecule is COCc1cc(-c2[nH]c3ccc(C4CCN(CCS(C)(=O)=O)CC4)cc3c2C(C)C)cn2ncnc12. The number of nitrogens with zero attached hydrogens (tertiary/aromatic N) is 4. The minimum Gasteiger partial charge on any atom is -0.380 e. The van der Waals surface area contributed by atoms with Crippen LogP contribution < -0.4 is 0 Å². The van der Waals surface area contributed by atoms with Crippen LogP contribution in [0.3, 0.4) is 0 Å². The number of nitrogens with one attached hydrogen (secondary N) is 1. The summed E-state index contributed by atoms with van der Waals surface area (Å²) in [5.74, 6) is 1.06. The fourth-order valence-corrected chi connectivity index (χ4v) is 6.08. The summed E-state index contributed by atoms with van der Waals surface area (Å²) >= 11 is 0. The van der Waals surface area contributed by atoms with E-state index in [1.807, 2.05) is 10.7 Å². The third-order valence-corrected chi connectivity index (χ3v) is 8.24. The van der Waals surface area contributed by atoms with Crippen LogP contribution >= 0.6 is 0 Å². The molecule has 0 bridgehead atoms. The van der Waals surface area contributed by atoms with Gasteiger partial charge < -0.3 is 14.6 Å². The molecule has 1 saturated heterocycles. The van der Waals surface area contributed by atoms with E-state index in [4.69, 9.17) is 4.74 Å². The first-order valence-electron chi connectivity index (χ1n) is 12.6. The number of aromatic nitrogens is 4. The van der Waals surface area contributed by atoms with Crippen LogP contribution in [-0.4, -0.2) is 71.7 Å². The molecule has 4 aromatic rings. The highest BCUT2D eigenvalue weighted by Crippen LogP contribution is 2.38. The zero-order valence-corrected chi connectivity index (χ0v) is 22.3. The molecule has 1 aliphatic rings. The molecule has 4 heterocycles. The number of sulfone groups is 1. The Kier molecular flexibility index (Phi) is 6.89. The number of likely N-dealkylation sites (tertiary alicyclic amines) is 1. The first-order chi connectivity index (χ1) is 17.2. The predicted molar refractivity (Wildman–Crippen MR) is 143 cm³/mol. The largest absolute Gasteiger partial charge is 0.380 e. The lowest BCUT2D eigenvalue weighted by molar-refractivity contribution is 0.185. The second-order valence-electron chi connectivity index (χ2n) is 10.3. The van der Waals surface area contributed by atoms with Crippen molar-refractivity contribution < 1.29 is 13.2 Å². The van der Waals surface area contributed by atoms with E-state index >= 15 is 0 Å². The van der Waals surface area contributed by atoms with E-state index in [0.717, 1.165) is 53.9 Å². The maximum atomic E-state index is 11.5. The smallest absolute Gasteiger partial charge is 0.160 e. The van der Waals surface area contributed by atoms with Gasteiger partial charge in [0.25, 0.3) is 0 Å². The van der Waals surface area contributed by atoms with Gasteiger partial charge in [-0.25, -0.2) is 17.9 Å². The molecule has 1 N–H and O–H groups in total. The van der Waals surface area contributed by atoms with Crippen LogP contribution in [-0.2, 0) is 21.2 Å². The second kappa shape index (κ2) is 9.95. The fraction of sp³-hybridized carbons (Fsp3) is 0.481. The molecule has 192 valence electrons. The van der Waals surface area contributed by atoms with Gasteiger partial charge in [-0.2, -0.15) is 5.10 Å². The van der Waals surface area contributed by atoms with Crippen LogP contribution in [0.25, 0.3) is 27.8 Å². The van der Waals surface area contributed by atoms with Crippen molar-refractivity contribution in [2.45, 2.75) is 45.1 Å². The normalized spacial score (nSPS) is 16.0. The van der Waals surface area contributed by atoms with Crippen molar-refractivity contribution in [1.82, 2.24) is 24.5 Å². The monoisotopic (exact) mass is 509 g/mol. The summed E-state index contributed by atoms with van der Waals surface area (Å²) in [7, 11) is -1.23. The lowest BCUT2D eigenvalue weighted by Gasteiger charge is -2.32. The van der Waals surface area contributed by atoms with Crippen molar-refractivity contribution in [1.29, 1.82) is 0 Å². The van der Waals surface area contributed by atoms with E-state index in [9.17, 15) is 8.42 Å². The second-order valence-corrected chi connectivity index (χ2v) is 12.6. The molecule has 0 radical (unpaired) electrons. The Balaban J connectivity index is 1.46. The standard InChI is InChI=1S/C27H35N5O3S/c1-18(2)25-23-14-20(19-7-9-31(10-8-19)11-12-36(4,33)34)5-6-24(23)30-26(25)21-13-22(16-35-3)27-28-17-29-32(27)15-21/h5-6,13-15,17-19,30H,7-12,16H2,1-4H3. The number of rotatable bonds is 8. The van der Waals surface area contributed by atoms with Gasteiger partial charge in [0, 0.05) is 48.1 Å². The van der Waals surface area contributed by atoms with E-state index in [-0.39, 0.29) is 5.75 Å². The lowest BCUT2D eigenvalue weighted by Crippen LogP contribution is -2.36. The van der Waals surface area contributed by atoms with Gasteiger partial charge in [-0.1, -0.05) is 19.9 Å². The minimum atomic E-state index is -2.92. The maximum absolute atomic E-state index is 11.5. The highest BCUT2D eigenvalue weighted by Gasteiger charge is 2.23. The number of fused-ring (bicyclic) bond motifs is 2. The Morgan fingerprint density at radius 1 is 1.19 bits per heavy atom. The molecule has 36 heavy (non-hydrogen) atoms. The molecular weight excluding hydrogens is 474 g/mol. The number of benzene rings is 1. The third-order valence-electron chi connectivity index (χ3n) is 7.32. The zero-order valence-electron chi connectivity index (χ0n) is 21.5. The van der Waals surface area contributed by atoms with E-state index in [0.29, 0.717) is 25.0 Å². The van der Waals surface area contributed by atoms with Crippen LogP contribution in [0, 0.1) is 0 Å². The van der Waals surface area contributed by atoms with Crippen molar-refractivity contribution in [2.24, 2.45) is 0 Å². The number of piperidine rings is 1. The van der Waals surface area contributed by atoms with E-state index in [1.165, 1.54) is 22.8 Å². The van der Waals surface area contributed by atoms with E-state index < -0.39 is 9.84 Å². The van der Waals surface area contributed by atoms with Crippen LogP contribution in [0.4, 0.5) is 0 Å². The van der Waals surface area contributed by atoms with E-state index in [2.05, 4.69) is 58.1 Å². The highest BCUT2D eigenvalue weighted by atomic mass is 32.2. The van der Waals surface area contributed by atoms with Gasteiger partial charge in [-0.05, 0) is 67.1 Å². The molecule has 0 saturated carbocycles. The Bertz CT molecular complexity index is 1480. The molecular formula is C27H35N5O3S. The summed E-state index contributed by atoms with van der Waals surface area (Å²) in [5.41, 5.74) is 7.81. The molecule has 0 unspecified atom stereocenters. The average Bonchev–Trinajstić information content (AvgIpc) is 3.47. The first kappa shape index (κ1) is 24.9. The van der Waals surface area contributed by atoms with Crippen LogP contribution in [0.1, 0.15) is 55.2 Å². The number of pyridine rings is 1. The molecule has 5 rings (SSSR count). The Hall–Kier alpha value is -2.75. The number of hydrogen-bond donors (Lipinski definition) is 1. The Morgan fingerprint density at radius 2 is 1.97 bits per heavy atom. The minimum absolute atomic E-state index is 0.236. The molecule has 0 atom stereocenters. The maximum Gasteiger partial charge on any atom is 0.160 e. The predicted octanol–water partition coefficient (Wildman–Crippen LogP) is 4.37. The van der Waals surface area contributed by atoms with Crippen LogP contribution in [0.2, 0.25) is 0 Å². The van der Waals surface area contributed by atoms with Gasteiger partial charge >= 0.3 is 0 Å². The van der Waals surface area contributed by atoms with Crippen molar-refractivity contribution in [3.8, 4) is 11.3 Å². The number of ether oxygens (including phenoxy) is 1. The number of aromatic amines is 1. The molecule has 9 heteroatoms. The summed E-state index contributed by atoms with van der Waals surface area (Å²) in [5, 5.41) is 5.65. The van der Waals surface area contributed by atoms with Crippen molar-refractivity contribution in [3.05, 3.63) is 53.5 Å². The quantitative estimate of drug-likeness (QED) is 0.379. The van der Waals surface area contributed by atoms with Crippen LogP contribution in [0.5, 0.6) is 0 Å². The molecule has 0 spiro atoms. The Morgan fingerprint density at radius 3 is 2.67 bits per heavy atom. The number of H-pyrrole nitrogens is 1. The van der Waals surface area contributed by atoms with Crippen molar-refractivity contribution >= 4 is 26.4 Å². The van der Waals surface area contributed by atoms with Gasteiger partial charge in [-0.3, -0.25) is 0 Å². The third kappa shape index (κ3) is 5.05. The summed E-state index contributed by atoms with van der Waals surface area (Å²) in [4.78, 5) is 10.4. The fourth-order valence-electron chi connectivity index (χ4n) is 5.49. The molecule has 1 aliphatic heterocycles. The summed E-state index contributed by atoms with van der Waals surface area (Å²) < 4.78 is 30.3. The van der Waals surface area contributed by atoms with Crippen molar-refractivity contribution in [3.63, 3.8) is 0 Å². The van der Waals surface area contributed by atoms with E-state index in [1.54, 1.807) is 13.4 Å². The van der Waals surface area contributed by atoms with Crippen LogP contribution in [0.15, 0.2) is 36.8 Å². The molecule has 0 amide bonds. The van der Waals surface area contributed by atoms with Gasteiger partial charge in [-0.15, -0.1) is 0 Å². The zero-order chi connectivity index (χ0) is 25.4. The lowest BCUT2D eigenvalue weighted by atomic mass is 9.87. The first-order valence-corrected chi connectivity index (χ1v) is 14.7. The molecule has 8 nitrogen and oxygen atoms in total. The number of methoxy groups -OCH3 is 1. The Labute approximate surface area is 212 Å². The van der Waals surface area contributed by atoms with Crippen molar-refractivity contribution in [2.75, 3.05) is 38.8 Å². The topological polar surface area (TPSA) is 92.6 Å². The molecule has 1 aromatic carbocycles. The number of hydrogen-bond acceptors (Lipinski definition) is 6. The van der Waals surface area contributed by atoms with Gasteiger partial charge in [0.1, 0.15) is 16.2 Å². The van der Waals surface area contributed by atoms with Gasteiger partial charge in [0.15, 0.2) is 5.65 Å². The summed E-state index contributed by atoms with van der Waals surface area (Å²) in [6.45, 7) is 7.46.